The summed E-state index contributed by atoms with van der Waals surface area (Å²) in [7, 11) is 0. The third-order valence-corrected chi connectivity index (χ3v) is 4.14. The van der Waals surface area contributed by atoms with Crippen LogP contribution in [0.4, 0.5) is 10.5 Å². The molecule has 0 spiro atoms. The number of nitrogens with one attached hydrogen (secondary N) is 2. The van der Waals surface area contributed by atoms with Crippen LogP contribution in [0, 0.1) is 5.92 Å². The minimum Gasteiger partial charge on any atom is -0.481 e. The van der Waals surface area contributed by atoms with Crippen molar-refractivity contribution < 1.29 is 14.7 Å². The van der Waals surface area contributed by atoms with E-state index in [0.29, 0.717) is 0 Å². The van der Waals surface area contributed by atoms with Gasteiger partial charge in [0.15, 0.2) is 0 Å². The number of rotatable bonds is 4. The van der Waals surface area contributed by atoms with Gasteiger partial charge in [-0.05, 0) is 56.7 Å². The monoisotopic (exact) mass is 290 g/mol. The van der Waals surface area contributed by atoms with E-state index in [0.717, 1.165) is 24.9 Å². The Morgan fingerprint density at radius 3 is 2.62 bits per heavy atom. The van der Waals surface area contributed by atoms with Crippen LogP contribution in [0.5, 0.6) is 0 Å². The maximum absolute atomic E-state index is 12.0. The maximum Gasteiger partial charge on any atom is 0.319 e. The summed E-state index contributed by atoms with van der Waals surface area (Å²) in [5.41, 5.74) is 3.34. The molecule has 0 heterocycles. The summed E-state index contributed by atoms with van der Waals surface area (Å²) < 4.78 is 0. The third-order valence-electron chi connectivity index (χ3n) is 4.14. The van der Waals surface area contributed by atoms with E-state index in [4.69, 9.17) is 5.11 Å². The Kier molecular flexibility index (Phi) is 4.83. The molecule has 5 heteroatoms. The zero-order valence-corrected chi connectivity index (χ0v) is 12.5. The SMILES string of the molecule is CC(NC(=O)Nc1cccc2c1CCCC2)C(C)C(=O)O. The largest absolute Gasteiger partial charge is 0.481 e. The highest BCUT2D eigenvalue weighted by Gasteiger charge is 2.21. The molecule has 2 rings (SSSR count). The van der Waals surface area contributed by atoms with Crippen LogP contribution in [-0.4, -0.2) is 23.1 Å². The first kappa shape index (κ1) is 15.4. The van der Waals surface area contributed by atoms with Gasteiger partial charge in [0.2, 0.25) is 0 Å². The molecule has 0 radical (unpaired) electrons. The molecule has 0 saturated heterocycles. The van der Waals surface area contributed by atoms with Gasteiger partial charge in [-0.3, -0.25) is 4.79 Å². The first-order valence-corrected chi connectivity index (χ1v) is 7.40. The van der Waals surface area contributed by atoms with Crippen LogP contribution in [0.15, 0.2) is 18.2 Å². The van der Waals surface area contributed by atoms with E-state index < -0.39 is 17.9 Å². The minimum atomic E-state index is -0.917. The van der Waals surface area contributed by atoms with Crippen LogP contribution < -0.4 is 10.6 Å². The maximum atomic E-state index is 12.0. The molecule has 2 atom stereocenters. The summed E-state index contributed by atoms with van der Waals surface area (Å²) in [4.78, 5) is 22.9. The number of carboxylic acid groups (broad SMARTS) is 1. The molecule has 1 aliphatic carbocycles. The van der Waals surface area contributed by atoms with Gasteiger partial charge in [0.25, 0.3) is 0 Å². The molecule has 0 bridgehead atoms. The highest BCUT2D eigenvalue weighted by molar-refractivity contribution is 5.91. The molecule has 0 fully saturated rings. The molecule has 0 aromatic heterocycles. The fraction of sp³-hybridized carbons (Fsp3) is 0.500. The smallest absolute Gasteiger partial charge is 0.319 e. The van der Waals surface area contributed by atoms with Gasteiger partial charge in [-0.15, -0.1) is 0 Å². The summed E-state index contributed by atoms with van der Waals surface area (Å²) in [5, 5.41) is 14.5. The minimum absolute atomic E-state index is 0.352. The van der Waals surface area contributed by atoms with Crippen LogP contribution in [0.2, 0.25) is 0 Å². The van der Waals surface area contributed by atoms with Crippen molar-refractivity contribution in [3.8, 4) is 0 Å². The Hall–Kier alpha value is -2.04. The Morgan fingerprint density at radius 1 is 1.19 bits per heavy atom. The predicted molar refractivity (Wildman–Crippen MR) is 81.5 cm³/mol. The molecule has 0 aliphatic heterocycles. The van der Waals surface area contributed by atoms with Gasteiger partial charge in [-0.2, -0.15) is 0 Å². The number of carboxylic acids is 1. The molecular weight excluding hydrogens is 268 g/mol. The summed E-state index contributed by atoms with van der Waals surface area (Å²) in [6, 6.07) is 5.17. The molecular formula is C16H22N2O3. The van der Waals surface area contributed by atoms with Gasteiger partial charge in [-0.1, -0.05) is 12.1 Å². The first-order chi connectivity index (χ1) is 9.99. The summed E-state index contributed by atoms with van der Waals surface area (Å²) in [6.45, 7) is 3.27. The van der Waals surface area contributed by atoms with Crippen LogP contribution >= 0.6 is 0 Å². The number of hydrogen-bond donors (Lipinski definition) is 3. The van der Waals surface area contributed by atoms with E-state index in [1.54, 1.807) is 13.8 Å². The average Bonchev–Trinajstić information content (AvgIpc) is 2.46. The topological polar surface area (TPSA) is 78.4 Å². The average molecular weight is 290 g/mol. The second-order valence-electron chi connectivity index (χ2n) is 5.66. The fourth-order valence-corrected chi connectivity index (χ4v) is 2.60. The number of urea groups is 1. The van der Waals surface area contributed by atoms with E-state index in [9.17, 15) is 9.59 Å². The van der Waals surface area contributed by atoms with Gasteiger partial charge < -0.3 is 15.7 Å². The number of aliphatic carboxylic acids is 1. The Bertz CT molecular complexity index is 542. The van der Waals surface area contributed by atoms with E-state index >= 15 is 0 Å². The highest BCUT2D eigenvalue weighted by atomic mass is 16.4. The molecule has 3 N–H and O–H groups in total. The summed E-state index contributed by atoms with van der Waals surface area (Å²) in [5.74, 6) is -1.54. The van der Waals surface area contributed by atoms with Crippen LogP contribution in [0.1, 0.15) is 37.8 Å². The van der Waals surface area contributed by atoms with Crippen molar-refractivity contribution in [1.82, 2.24) is 5.32 Å². The lowest BCUT2D eigenvalue weighted by Gasteiger charge is -2.21. The van der Waals surface area contributed by atoms with Crippen LogP contribution in [-0.2, 0) is 17.6 Å². The fourth-order valence-electron chi connectivity index (χ4n) is 2.60. The van der Waals surface area contributed by atoms with Gasteiger partial charge >= 0.3 is 12.0 Å². The molecule has 21 heavy (non-hydrogen) atoms. The lowest BCUT2D eigenvalue weighted by atomic mass is 9.90. The number of anilines is 1. The Labute approximate surface area is 124 Å². The molecule has 1 aromatic carbocycles. The second-order valence-corrected chi connectivity index (χ2v) is 5.66. The molecule has 5 nitrogen and oxygen atoms in total. The first-order valence-electron chi connectivity index (χ1n) is 7.40. The zero-order chi connectivity index (χ0) is 15.4. The molecule has 114 valence electrons. The normalized spacial score (nSPS) is 16.5. The summed E-state index contributed by atoms with van der Waals surface area (Å²) in [6.07, 6.45) is 4.36. The number of fused-ring (bicyclic) bond motifs is 1. The zero-order valence-electron chi connectivity index (χ0n) is 12.5. The number of hydrogen-bond acceptors (Lipinski definition) is 2. The lowest BCUT2D eigenvalue weighted by Crippen LogP contribution is -2.42. The molecule has 0 saturated carbocycles. The number of carbonyl (C=O) groups excluding carboxylic acids is 1. The molecule has 2 amide bonds. The van der Waals surface area contributed by atoms with E-state index in [1.165, 1.54) is 17.5 Å². The van der Waals surface area contributed by atoms with E-state index in [2.05, 4.69) is 16.7 Å². The van der Waals surface area contributed by atoms with E-state index in [-0.39, 0.29) is 6.03 Å². The van der Waals surface area contributed by atoms with Crippen molar-refractivity contribution in [3.05, 3.63) is 29.3 Å². The van der Waals surface area contributed by atoms with Crippen molar-refractivity contribution >= 4 is 17.7 Å². The second kappa shape index (κ2) is 6.61. The van der Waals surface area contributed by atoms with Crippen molar-refractivity contribution in [3.63, 3.8) is 0 Å². The van der Waals surface area contributed by atoms with Crippen molar-refractivity contribution in [2.24, 2.45) is 5.92 Å². The third kappa shape index (κ3) is 3.74. The number of benzene rings is 1. The Morgan fingerprint density at radius 2 is 1.90 bits per heavy atom. The standard InChI is InChI=1S/C16H22N2O3/c1-10(15(19)20)11(2)17-16(21)18-14-9-5-7-12-6-3-4-8-13(12)14/h5,7,9-11H,3-4,6,8H2,1-2H3,(H,19,20)(H2,17,18,21). The molecule has 1 aromatic rings. The number of aryl methyl sites for hydroxylation is 1. The lowest BCUT2D eigenvalue weighted by molar-refractivity contribution is -0.141. The van der Waals surface area contributed by atoms with Crippen LogP contribution in [0.25, 0.3) is 0 Å². The number of amides is 2. The predicted octanol–water partition coefficient (Wildman–Crippen LogP) is 2.80. The van der Waals surface area contributed by atoms with Crippen molar-refractivity contribution in [1.29, 1.82) is 0 Å². The van der Waals surface area contributed by atoms with E-state index in [1.807, 2.05) is 12.1 Å². The van der Waals surface area contributed by atoms with Crippen molar-refractivity contribution in [2.45, 2.75) is 45.6 Å². The molecule has 1 aliphatic rings. The Balaban J connectivity index is 2.02. The quantitative estimate of drug-likeness (QED) is 0.798. The van der Waals surface area contributed by atoms with Crippen LogP contribution in [0.3, 0.4) is 0 Å². The molecule has 2 unspecified atom stereocenters. The highest BCUT2D eigenvalue weighted by Crippen LogP contribution is 2.27. The number of carbonyl (C=O) groups is 2. The van der Waals surface area contributed by atoms with Gasteiger partial charge in [0, 0.05) is 11.7 Å². The van der Waals surface area contributed by atoms with Gasteiger partial charge in [-0.25, -0.2) is 4.79 Å². The summed E-state index contributed by atoms with van der Waals surface area (Å²) >= 11 is 0. The van der Waals surface area contributed by atoms with Gasteiger partial charge in [0.1, 0.15) is 0 Å². The van der Waals surface area contributed by atoms with Gasteiger partial charge in [0.05, 0.1) is 5.92 Å². The van der Waals surface area contributed by atoms with Crippen molar-refractivity contribution in [2.75, 3.05) is 5.32 Å².